The molecule has 0 aliphatic rings. The highest BCUT2D eigenvalue weighted by atomic mass is 35.5. The number of nitrogens with one attached hydrogen (secondary N) is 1. The van der Waals surface area contributed by atoms with Gasteiger partial charge in [0.15, 0.2) is 0 Å². The maximum Gasteiger partial charge on any atom is 0.261 e. The Balaban J connectivity index is 1.74. The molecule has 3 nitrogen and oxygen atoms in total. The molecule has 122 valence electrons. The van der Waals surface area contributed by atoms with Gasteiger partial charge in [-0.1, -0.05) is 60.1 Å². The summed E-state index contributed by atoms with van der Waals surface area (Å²) < 4.78 is 27.3. The Morgan fingerprint density at radius 1 is 0.792 bits per heavy atom. The van der Waals surface area contributed by atoms with E-state index in [1.54, 1.807) is 24.3 Å². The Labute approximate surface area is 147 Å². The van der Waals surface area contributed by atoms with Crippen LogP contribution in [0.5, 0.6) is 0 Å². The van der Waals surface area contributed by atoms with Crippen LogP contribution in [0.4, 0.5) is 5.69 Å². The van der Waals surface area contributed by atoms with E-state index in [9.17, 15) is 8.42 Å². The fraction of sp³-hybridized carbons (Fsp3) is 0.0526. The van der Waals surface area contributed by atoms with Gasteiger partial charge in [0.1, 0.15) is 0 Å². The molecular formula is C19H16ClNO2S. The lowest BCUT2D eigenvalue weighted by Gasteiger charge is -2.09. The molecule has 0 fully saturated rings. The second-order valence-corrected chi connectivity index (χ2v) is 7.54. The molecule has 0 amide bonds. The lowest BCUT2D eigenvalue weighted by Crippen LogP contribution is -2.12. The first-order chi connectivity index (χ1) is 11.5. The molecule has 0 aliphatic heterocycles. The van der Waals surface area contributed by atoms with E-state index < -0.39 is 10.0 Å². The summed E-state index contributed by atoms with van der Waals surface area (Å²) >= 11 is 5.86. The van der Waals surface area contributed by atoms with Gasteiger partial charge in [-0.3, -0.25) is 4.72 Å². The van der Waals surface area contributed by atoms with E-state index >= 15 is 0 Å². The molecule has 1 N–H and O–H groups in total. The summed E-state index contributed by atoms with van der Waals surface area (Å²) in [4.78, 5) is 0.142. The van der Waals surface area contributed by atoms with Crippen molar-refractivity contribution in [2.75, 3.05) is 4.72 Å². The third-order valence-corrected chi connectivity index (χ3v) is 5.18. The first-order valence-corrected chi connectivity index (χ1v) is 9.30. The number of rotatable bonds is 5. The first kappa shape index (κ1) is 16.6. The first-order valence-electron chi connectivity index (χ1n) is 7.44. The predicted octanol–water partition coefficient (Wildman–Crippen LogP) is 4.73. The summed E-state index contributed by atoms with van der Waals surface area (Å²) in [5, 5.41) is 0.385. The molecule has 5 heteroatoms. The van der Waals surface area contributed by atoms with Gasteiger partial charge >= 0.3 is 0 Å². The average molecular weight is 358 g/mol. The third kappa shape index (κ3) is 4.16. The van der Waals surface area contributed by atoms with Gasteiger partial charge in [-0.2, -0.15) is 0 Å². The zero-order valence-corrected chi connectivity index (χ0v) is 14.4. The minimum absolute atomic E-state index is 0.142. The van der Waals surface area contributed by atoms with Gasteiger partial charge in [0.25, 0.3) is 10.0 Å². The van der Waals surface area contributed by atoms with Gasteiger partial charge in [-0.15, -0.1) is 0 Å². The molecule has 0 aromatic heterocycles. The van der Waals surface area contributed by atoms with Crippen LogP contribution in [-0.4, -0.2) is 8.42 Å². The zero-order valence-electron chi connectivity index (χ0n) is 12.8. The van der Waals surface area contributed by atoms with Gasteiger partial charge in [0.2, 0.25) is 0 Å². The monoisotopic (exact) mass is 357 g/mol. The van der Waals surface area contributed by atoms with Crippen LogP contribution >= 0.6 is 11.6 Å². The predicted molar refractivity (Wildman–Crippen MR) is 98.0 cm³/mol. The van der Waals surface area contributed by atoms with Crippen molar-refractivity contribution in [3.8, 4) is 0 Å². The van der Waals surface area contributed by atoms with E-state index in [4.69, 9.17) is 11.6 Å². The quantitative estimate of drug-likeness (QED) is 0.717. The van der Waals surface area contributed by atoms with Crippen LogP contribution in [0.15, 0.2) is 83.8 Å². The highest BCUT2D eigenvalue weighted by Gasteiger charge is 2.14. The molecule has 0 heterocycles. The topological polar surface area (TPSA) is 46.2 Å². The average Bonchev–Trinajstić information content (AvgIpc) is 2.57. The fourth-order valence-electron chi connectivity index (χ4n) is 2.37. The molecule has 0 radical (unpaired) electrons. The van der Waals surface area contributed by atoms with Crippen molar-refractivity contribution < 1.29 is 8.42 Å². The van der Waals surface area contributed by atoms with E-state index in [0.717, 1.165) is 12.0 Å². The molecule has 0 aliphatic carbocycles. The van der Waals surface area contributed by atoms with Crippen molar-refractivity contribution in [3.63, 3.8) is 0 Å². The van der Waals surface area contributed by atoms with Crippen LogP contribution in [0.2, 0.25) is 5.02 Å². The number of anilines is 1. The van der Waals surface area contributed by atoms with E-state index in [2.05, 4.69) is 16.9 Å². The van der Waals surface area contributed by atoms with Crippen molar-refractivity contribution >= 4 is 27.3 Å². The number of hydrogen-bond donors (Lipinski definition) is 1. The Morgan fingerprint density at radius 2 is 1.46 bits per heavy atom. The molecule has 3 rings (SSSR count). The summed E-state index contributed by atoms with van der Waals surface area (Å²) in [5.74, 6) is 0. The van der Waals surface area contributed by atoms with Gasteiger partial charge in [-0.05, 0) is 47.9 Å². The molecule has 0 bridgehead atoms. The van der Waals surface area contributed by atoms with Gasteiger partial charge in [-0.25, -0.2) is 8.42 Å². The molecule has 0 atom stereocenters. The van der Waals surface area contributed by atoms with Gasteiger partial charge < -0.3 is 0 Å². The van der Waals surface area contributed by atoms with Gasteiger partial charge in [0, 0.05) is 10.7 Å². The van der Waals surface area contributed by atoms with Crippen molar-refractivity contribution in [3.05, 3.63) is 95.0 Å². The highest BCUT2D eigenvalue weighted by Crippen LogP contribution is 2.20. The Kier molecular flexibility index (Phi) is 4.88. The highest BCUT2D eigenvalue weighted by molar-refractivity contribution is 7.92. The van der Waals surface area contributed by atoms with Crippen LogP contribution in [0.25, 0.3) is 0 Å². The smallest absolute Gasteiger partial charge is 0.261 e. The second-order valence-electron chi connectivity index (χ2n) is 5.42. The summed E-state index contributed by atoms with van der Waals surface area (Å²) in [5.41, 5.74) is 2.85. The van der Waals surface area contributed by atoms with Crippen molar-refractivity contribution in [1.29, 1.82) is 0 Å². The largest absolute Gasteiger partial charge is 0.280 e. The number of sulfonamides is 1. The molecule has 24 heavy (non-hydrogen) atoms. The van der Waals surface area contributed by atoms with E-state index in [1.165, 1.54) is 17.7 Å². The van der Waals surface area contributed by atoms with Crippen LogP contribution in [0, 0.1) is 0 Å². The minimum atomic E-state index is -3.64. The number of benzene rings is 3. The lowest BCUT2D eigenvalue weighted by molar-refractivity contribution is 0.601. The number of halogens is 1. The lowest BCUT2D eigenvalue weighted by atomic mass is 10.1. The Hall–Kier alpha value is -2.30. The molecule has 3 aromatic rings. The van der Waals surface area contributed by atoms with E-state index in [1.807, 2.05) is 30.3 Å². The van der Waals surface area contributed by atoms with Crippen LogP contribution < -0.4 is 4.72 Å². The molecule has 0 spiro atoms. The maximum atomic E-state index is 12.4. The maximum absolute atomic E-state index is 12.4. The van der Waals surface area contributed by atoms with Crippen molar-refractivity contribution in [2.45, 2.75) is 11.3 Å². The summed E-state index contributed by atoms with van der Waals surface area (Å²) in [6.07, 6.45) is 0.808. The van der Waals surface area contributed by atoms with Crippen LogP contribution in [0.3, 0.4) is 0 Å². The van der Waals surface area contributed by atoms with E-state index in [-0.39, 0.29) is 4.90 Å². The fourth-order valence-corrected chi connectivity index (χ4v) is 3.73. The molecular weight excluding hydrogens is 342 g/mol. The molecule has 0 unspecified atom stereocenters. The summed E-state index contributed by atoms with van der Waals surface area (Å²) in [7, 11) is -3.64. The second kappa shape index (κ2) is 7.07. The zero-order chi connectivity index (χ0) is 17.0. The van der Waals surface area contributed by atoms with Crippen LogP contribution in [-0.2, 0) is 16.4 Å². The normalized spacial score (nSPS) is 11.2. The standard InChI is InChI=1S/C19H16ClNO2S/c20-17-7-4-8-19(14-17)24(22,23)21-18-11-9-16(10-12-18)13-15-5-2-1-3-6-15/h1-12,14,21H,13H2. The Morgan fingerprint density at radius 3 is 2.12 bits per heavy atom. The minimum Gasteiger partial charge on any atom is -0.280 e. The number of hydrogen-bond acceptors (Lipinski definition) is 2. The van der Waals surface area contributed by atoms with E-state index in [0.29, 0.717) is 10.7 Å². The van der Waals surface area contributed by atoms with Crippen molar-refractivity contribution in [1.82, 2.24) is 0 Å². The Bertz CT molecular complexity index is 923. The summed E-state index contributed by atoms with van der Waals surface area (Å²) in [6, 6.07) is 23.7. The SMILES string of the molecule is O=S(=O)(Nc1ccc(Cc2ccccc2)cc1)c1cccc(Cl)c1. The molecule has 0 saturated heterocycles. The summed E-state index contributed by atoms with van der Waals surface area (Å²) in [6.45, 7) is 0. The third-order valence-electron chi connectivity index (χ3n) is 3.56. The van der Waals surface area contributed by atoms with Crippen LogP contribution in [0.1, 0.15) is 11.1 Å². The van der Waals surface area contributed by atoms with Crippen molar-refractivity contribution in [2.24, 2.45) is 0 Å². The molecule has 0 saturated carbocycles. The van der Waals surface area contributed by atoms with Gasteiger partial charge in [0.05, 0.1) is 4.90 Å². The molecule has 3 aromatic carbocycles.